The molecule has 1 fully saturated rings. The SMILES string of the molecule is COCCN(C(=O)NCCCl)C1O[C@H](CO)[C@H](O)[C@H](O)[C@H]1O. The first-order valence-corrected chi connectivity index (χ1v) is 7.41. The first-order chi connectivity index (χ1) is 10.5. The van der Waals surface area contributed by atoms with Crippen LogP contribution in [0.3, 0.4) is 0 Å². The number of nitrogens with zero attached hydrogens (tertiary/aromatic N) is 1. The van der Waals surface area contributed by atoms with Crippen molar-refractivity contribution in [3.05, 3.63) is 0 Å². The number of halogens is 1. The zero-order valence-electron chi connectivity index (χ0n) is 12.3. The summed E-state index contributed by atoms with van der Waals surface area (Å²) in [5.74, 6) is 0.207. The van der Waals surface area contributed by atoms with Gasteiger partial charge >= 0.3 is 6.03 Å². The third kappa shape index (κ3) is 4.66. The van der Waals surface area contributed by atoms with Crippen LogP contribution >= 0.6 is 11.6 Å². The van der Waals surface area contributed by atoms with Crippen LogP contribution in [0.15, 0.2) is 0 Å². The molecule has 5 N–H and O–H groups in total. The monoisotopic (exact) mass is 342 g/mol. The number of ether oxygens (including phenoxy) is 2. The Morgan fingerprint density at radius 2 is 2.00 bits per heavy atom. The van der Waals surface area contributed by atoms with E-state index < -0.39 is 43.3 Å². The third-order valence-corrected chi connectivity index (χ3v) is 3.53. The molecule has 10 heteroatoms. The molecule has 22 heavy (non-hydrogen) atoms. The van der Waals surface area contributed by atoms with Crippen molar-refractivity contribution in [1.29, 1.82) is 0 Å². The van der Waals surface area contributed by atoms with Gasteiger partial charge in [-0.15, -0.1) is 11.6 Å². The van der Waals surface area contributed by atoms with Crippen molar-refractivity contribution in [3.8, 4) is 0 Å². The first-order valence-electron chi connectivity index (χ1n) is 6.87. The molecule has 9 nitrogen and oxygen atoms in total. The summed E-state index contributed by atoms with van der Waals surface area (Å²) < 4.78 is 10.3. The molecule has 1 rings (SSSR count). The second kappa shape index (κ2) is 9.46. The number of aliphatic hydroxyl groups is 4. The summed E-state index contributed by atoms with van der Waals surface area (Å²) in [6.45, 7) is -0.110. The van der Waals surface area contributed by atoms with E-state index in [4.69, 9.17) is 21.1 Å². The molecule has 130 valence electrons. The quantitative estimate of drug-likeness (QED) is 0.328. The minimum atomic E-state index is -1.55. The minimum absolute atomic E-state index is 0.0767. The summed E-state index contributed by atoms with van der Waals surface area (Å²) in [7, 11) is 1.45. The van der Waals surface area contributed by atoms with E-state index in [2.05, 4.69) is 5.32 Å². The lowest BCUT2D eigenvalue weighted by Gasteiger charge is -2.44. The van der Waals surface area contributed by atoms with Crippen LogP contribution in [0.4, 0.5) is 4.79 Å². The smallest absolute Gasteiger partial charge is 0.319 e. The van der Waals surface area contributed by atoms with Gasteiger partial charge in [-0.1, -0.05) is 0 Å². The van der Waals surface area contributed by atoms with Crippen molar-refractivity contribution in [3.63, 3.8) is 0 Å². The molecular weight excluding hydrogens is 320 g/mol. The summed E-state index contributed by atoms with van der Waals surface area (Å²) in [4.78, 5) is 13.3. The molecule has 1 aliphatic rings. The summed E-state index contributed by atoms with van der Waals surface area (Å²) in [5.41, 5.74) is 0. The third-order valence-electron chi connectivity index (χ3n) is 3.34. The van der Waals surface area contributed by atoms with E-state index in [1.54, 1.807) is 0 Å². The van der Waals surface area contributed by atoms with Gasteiger partial charge in [-0.2, -0.15) is 0 Å². The second-order valence-corrected chi connectivity index (χ2v) is 5.20. The van der Waals surface area contributed by atoms with Gasteiger partial charge in [0.1, 0.15) is 24.4 Å². The number of carbonyl (C=O) groups is 1. The maximum absolute atomic E-state index is 12.1. The summed E-state index contributed by atoms with van der Waals surface area (Å²) in [5, 5.41) is 41.3. The molecule has 1 saturated heterocycles. The van der Waals surface area contributed by atoms with E-state index in [0.717, 1.165) is 4.90 Å². The number of hydrogen-bond acceptors (Lipinski definition) is 7. The van der Waals surface area contributed by atoms with E-state index in [1.165, 1.54) is 7.11 Å². The number of methoxy groups -OCH3 is 1. The average Bonchev–Trinajstić information content (AvgIpc) is 2.52. The fraction of sp³-hybridized carbons (Fsp3) is 0.917. The molecule has 1 aliphatic heterocycles. The van der Waals surface area contributed by atoms with E-state index in [0.29, 0.717) is 0 Å². The lowest BCUT2D eigenvalue weighted by atomic mass is 9.98. The molecule has 0 radical (unpaired) electrons. The highest BCUT2D eigenvalue weighted by molar-refractivity contribution is 6.18. The number of carbonyl (C=O) groups excluding carboxylic acids is 1. The van der Waals surface area contributed by atoms with Crippen LogP contribution in [-0.4, -0.2) is 101 Å². The topological polar surface area (TPSA) is 132 Å². The molecule has 0 aromatic carbocycles. The van der Waals surface area contributed by atoms with Crippen molar-refractivity contribution in [2.24, 2.45) is 0 Å². The van der Waals surface area contributed by atoms with Crippen LogP contribution in [0.2, 0.25) is 0 Å². The van der Waals surface area contributed by atoms with Gasteiger partial charge in [0.15, 0.2) is 6.23 Å². The largest absolute Gasteiger partial charge is 0.394 e. The maximum Gasteiger partial charge on any atom is 0.319 e. The molecule has 1 heterocycles. The van der Waals surface area contributed by atoms with Gasteiger partial charge in [-0.3, -0.25) is 4.90 Å². The summed E-state index contributed by atoms with van der Waals surface area (Å²) in [6, 6.07) is -0.568. The number of alkyl halides is 1. The molecular formula is C12H23ClN2O7. The Bertz CT molecular complexity index is 347. The molecule has 0 bridgehead atoms. The molecule has 0 aromatic heterocycles. The van der Waals surface area contributed by atoms with Crippen LogP contribution in [0.1, 0.15) is 0 Å². The highest BCUT2D eigenvalue weighted by Crippen LogP contribution is 2.23. The highest BCUT2D eigenvalue weighted by atomic mass is 35.5. The molecule has 0 spiro atoms. The molecule has 1 unspecified atom stereocenters. The van der Waals surface area contributed by atoms with Gasteiger partial charge < -0.3 is 35.2 Å². The number of amides is 2. The zero-order valence-corrected chi connectivity index (χ0v) is 13.0. The van der Waals surface area contributed by atoms with Gasteiger partial charge in [-0.05, 0) is 0 Å². The van der Waals surface area contributed by atoms with Crippen molar-refractivity contribution in [1.82, 2.24) is 10.2 Å². The number of hydrogen-bond donors (Lipinski definition) is 5. The van der Waals surface area contributed by atoms with E-state index >= 15 is 0 Å². The predicted octanol–water partition coefficient (Wildman–Crippen LogP) is -2.32. The lowest BCUT2D eigenvalue weighted by Crippen LogP contribution is -2.65. The summed E-state index contributed by atoms with van der Waals surface area (Å²) >= 11 is 5.51. The predicted molar refractivity (Wildman–Crippen MR) is 76.5 cm³/mol. The van der Waals surface area contributed by atoms with Crippen LogP contribution in [0, 0.1) is 0 Å². The molecule has 5 atom stereocenters. The second-order valence-electron chi connectivity index (χ2n) is 4.83. The fourth-order valence-corrected chi connectivity index (χ4v) is 2.22. The van der Waals surface area contributed by atoms with Crippen molar-refractivity contribution in [2.75, 3.05) is 39.3 Å². The van der Waals surface area contributed by atoms with Gasteiger partial charge in [0.2, 0.25) is 0 Å². The fourth-order valence-electron chi connectivity index (χ4n) is 2.13. The molecule has 0 saturated carbocycles. The highest BCUT2D eigenvalue weighted by Gasteiger charge is 2.46. The number of aliphatic hydroxyl groups excluding tert-OH is 4. The normalized spacial score (nSPS) is 31.8. The zero-order chi connectivity index (χ0) is 16.7. The number of rotatable bonds is 7. The minimum Gasteiger partial charge on any atom is -0.394 e. The maximum atomic E-state index is 12.1. The Hall–Kier alpha value is -0.680. The number of nitrogens with one attached hydrogen (secondary N) is 1. The number of urea groups is 1. The van der Waals surface area contributed by atoms with Crippen LogP contribution in [-0.2, 0) is 9.47 Å². The Balaban J connectivity index is 2.88. The molecule has 0 aromatic rings. The van der Waals surface area contributed by atoms with Gasteiger partial charge in [0.25, 0.3) is 0 Å². The van der Waals surface area contributed by atoms with Gasteiger partial charge in [0, 0.05) is 26.1 Å². The van der Waals surface area contributed by atoms with Crippen LogP contribution < -0.4 is 5.32 Å². The van der Waals surface area contributed by atoms with Crippen LogP contribution in [0.25, 0.3) is 0 Å². The van der Waals surface area contributed by atoms with Crippen molar-refractivity contribution in [2.45, 2.75) is 30.6 Å². The average molecular weight is 343 g/mol. The van der Waals surface area contributed by atoms with Gasteiger partial charge in [-0.25, -0.2) is 4.79 Å². The standard InChI is InChI=1S/C12H23ClN2O7/c1-21-5-4-15(12(20)14-3-2-13)11-10(19)9(18)8(17)7(6-16)22-11/h7-11,16-19H,2-6H2,1H3,(H,14,20)/t7-,8+,9+,10-,11?/m1/s1. The molecule has 0 aliphatic carbocycles. The Morgan fingerprint density at radius 1 is 1.32 bits per heavy atom. The van der Waals surface area contributed by atoms with Crippen LogP contribution in [0.5, 0.6) is 0 Å². The van der Waals surface area contributed by atoms with Crippen molar-refractivity contribution >= 4 is 17.6 Å². The Labute approximate surface area is 133 Å². The van der Waals surface area contributed by atoms with Gasteiger partial charge in [0.05, 0.1) is 13.2 Å². The van der Waals surface area contributed by atoms with E-state index in [9.17, 15) is 25.2 Å². The Kier molecular flexibility index (Phi) is 8.33. The van der Waals surface area contributed by atoms with E-state index in [-0.39, 0.29) is 25.6 Å². The molecule has 2 amide bonds. The van der Waals surface area contributed by atoms with Crippen molar-refractivity contribution < 1.29 is 34.7 Å². The van der Waals surface area contributed by atoms with E-state index in [1.807, 2.05) is 0 Å². The summed E-state index contributed by atoms with van der Waals surface area (Å²) in [6.07, 6.45) is -6.89. The first kappa shape index (κ1) is 19.4. The Morgan fingerprint density at radius 3 is 2.55 bits per heavy atom. The lowest BCUT2D eigenvalue weighted by molar-refractivity contribution is -0.257.